The zero-order valence-electron chi connectivity index (χ0n) is 10.8. The van der Waals surface area contributed by atoms with Crippen LogP contribution in [0.2, 0.25) is 0 Å². The van der Waals surface area contributed by atoms with Crippen molar-refractivity contribution in [3.63, 3.8) is 0 Å². The Morgan fingerprint density at radius 3 is 2.67 bits per heavy atom. The van der Waals surface area contributed by atoms with Gasteiger partial charge in [0.15, 0.2) is 0 Å². The van der Waals surface area contributed by atoms with Gasteiger partial charge in [-0.3, -0.25) is 4.72 Å². The first-order chi connectivity index (χ1) is 8.37. The van der Waals surface area contributed by atoms with Gasteiger partial charge in [0.1, 0.15) is 5.82 Å². The van der Waals surface area contributed by atoms with E-state index in [2.05, 4.69) is 9.71 Å². The first-order valence-electron chi connectivity index (χ1n) is 5.67. The molecular formula is C11H19N3O3S. The molecule has 1 aromatic rings. The van der Waals surface area contributed by atoms with Crippen LogP contribution >= 0.6 is 0 Å². The van der Waals surface area contributed by atoms with Crippen molar-refractivity contribution in [2.75, 3.05) is 35.6 Å². The van der Waals surface area contributed by atoms with E-state index in [1.807, 2.05) is 11.8 Å². The van der Waals surface area contributed by atoms with Crippen LogP contribution in [0.25, 0.3) is 0 Å². The molecule has 0 fully saturated rings. The molecule has 0 radical (unpaired) electrons. The predicted octanol–water partition coefficient (Wildman–Crippen LogP) is 0.580. The molecular weight excluding hydrogens is 254 g/mol. The molecule has 0 aliphatic carbocycles. The van der Waals surface area contributed by atoms with E-state index in [0.29, 0.717) is 24.6 Å². The van der Waals surface area contributed by atoms with E-state index in [1.54, 1.807) is 19.2 Å². The van der Waals surface area contributed by atoms with Crippen LogP contribution in [0.1, 0.15) is 12.5 Å². The molecule has 102 valence electrons. The fourth-order valence-electron chi connectivity index (χ4n) is 1.55. The summed E-state index contributed by atoms with van der Waals surface area (Å²) in [6.07, 6.45) is 2.72. The lowest BCUT2D eigenvalue weighted by atomic mass is 10.2. The lowest BCUT2D eigenvalue weighted by Gasteiger charge is -2.21. The second-order valence-electron chi connectivity index (χ2n) is 4.03. The molecule has 0 atom stereocenters. The zero-order chi connectivity index (χ0) is 13.8. The lowest BCUT2D eigenvalue weighted by molar-refractivity contribution is 0.302. The molecule has 2 N–H and O–H groups in total. The van der Waals surface area contributed by atoms with E-state index >= 15 is 0 Å². The van der Waals surface area contributed by atoms with Crippen molar-refractivity contribution in [1.29, 1.82) is 0 Å². The number of aliphatic hydroxyl groups is 1. The van der Waals surface area contributed by atoms with E-state index in [0.717, 1.165) is 11.8 Å². The van der Waals surface area contributed by atoms with Crippen molar-refractivity contribution in [1.82, 2.24) is 4.98 Å². The Morgan fingerprint density at radius 1 is 1.50 bits per heavy atom. The Hall–Kier alpha value is -1.34. The van der Waals surface area contributed by atoms with Crippen LogP contribution < -0.4 is 9.62 Å². The number of hydrogen-bond donors (Lipinski definition) is 2. The summed E-state index contributed by atoms with van der Waals surface area (Å²) >= 11 is 0. The Labute approximate surface area is 108 Å². The molecule has 18 heavy (non-hydrogen) atoms. The molecule has 0 aromatic carbocycles. The highest BCUT2D eigenvalue weighted by molar-refractivity contribution is 7.92. The normalized spacial score (nSPS) is 11.3. The number of rotatable bonds is 6. The molecule has 0 saturated heterocycles. The molecule has 1 heterocycles. The summed E-state index contributed by atoms with van der Waals surface area (Å²) in [5.74, 6) is 0.642. The number of pyridine rings is 1. The van der Waals surface area contributed by atoms with E-state index in [9.17, 15) is 8.42 Å². The molecule has 6 nitrogen and oxygen atoms in total. The average Bonchev–Trinajstić information content (AvgIpc) is 2.27. The number of aromatic nitrogens is 1. The van der Waals surface area contributed by atoms with Crippen molar-refractivity contribution in [3.05, 3.63) is 17.8 Å². The van der Waals surface area contributed by atoms with E-state index in [-0.39, 0.29) is 6.61 Å². The summed E-state index contributed by atoms with van der Waals surface area (Å²) in [7, 11) is -3.31. The van der Waals surface area contributed by atoms with Gasteiger partial charge in [0, 0.05) is 25.4 Å². The quantitative estimate of drug-likeness (QED) is 0.792. The predicted molar refractivity (Wildman–Crippen MR) is 72.4 cm³/mol. The van der Waals surface area contributed by atoms with E-state index in [1.165, 1.54) is 0 Å². The summed E-state index contributed by atoms with van der Waals surface area (Å²) in [5.41, 5.74) is 1.27. The minimum atomic E-state index is -3.31. The summed E-state index contributed by atoms with van der Waals surface area (Å²) in [6.45, 7) is 4.91. The average molecular weight is 273 g/mol. The third kappa shape index (κ3) is 4.15. The highest BCUT2D eigenvalue weighted by Gasteiger charge is 2.10. The molecule has 7 heteroatoms. The Morgan fingerprint density at radius 2 is 2.17 bits per heavy atom. The van der Waals surface area contributed by atoms with Crippen molar-refractivity contribution in [2.45, 2.75) is 13.8 Å². The van der Waals surface area contributed by atoms with Gasteiger partial charge < -0.3 is 10.0 Å². The molecule has 0 amide bonds. The van der Waals surface area contributed by atoms with E-state index in [4.69, 9.17) is 5.11 Å². The number of likely N-dealkylation sites (N-methyl/N-ethyl adjacent to an activating group) is 1. The maximum Gasteiger partial charge on any atom is 0.229 e. The highest BCUT2D eigenvalue weighted by Crippen LogP contribution is 2.21. The van der Waals surface area contributed by atoms with Gasteiger partial charge in [-0.2, -0.15) is 0 Å². The summed E-state index contributed by atoms with van der Waals surface area (Å²) in [6, 6.07) is 1.68. The second kappa shape index (κ2) is 6.01. The number of nitrogens with one attached hydrogen (secondary N) is 1. The SMILES string of the molecule is CCN(CCO)c1cc(NS(C)(=O)=O)c(C)cn1. The molecule has 1 aromatic heterocycles. The minimum Gasteiger partial charge on any atom is -0.395 e. The van der Waals surface area contributed by atoms with Crippen molar-refractivity contribution < 1.29 is 13.5 Å². The van der Waals surface area contributed by atoms with Crippen LogP contribution in [0, 0.1) is 6.92 Å². The van der Waals surface area contributed by atoms with Crippen molar-refractivity contribution in [3.8, 4) is 0 Å². The maximum atomic E-state index is 11.2. The molecule has 0 bridgehead atoms. The van der Waals surface area contributed by atoms with E-state index < -0.39 is 10.0 Å². The summed E-state index contributed by atoms with van der Waals surface area (Å²) in [4.78, 5) is 6.11. The van der Waals surface area contributed by atoms with Crippen LogP contribution in [-0.2, 0) is 10.0 Å². The van der Waals surface area contributed by atoms with Crippen LogP contribution in [0.15, 0.2) is 12.3 Å². The second-order valence-corrected chi connectivity index (χ2v) is 5.78. The minimum absolute atomic E-state index is 0.0260. The van der Waals surface area contributed by atoms with Gasteiger partial charge >= 0.3 is 0 Å². The standard InChI is InChI=1S/C11H19N3O3S/c1-4-14(5-6-15)11-7-10(9(2)8-12-11)13-18(3,16)17/h7-8,15H,4-6H2,1-3H3,(H,12,13). The first-order valence-corrected chi connectivity index (χ1v) is 7.56. The van der Waals surface area contributed by atoms with Gasteiger partial charge in [-0.15, -0.1) is 0 Å². The monoisotopic (exact) mass is 273 g/mol. The highest BCUT2D eigenvalue weighted by atomic mass is 32.2. The van der Waals surface area contributed by atoms with Gasteiger partial charge in [0.2, 0.25) is 10.0 Å². The van der Waals surface area contributed by atoms with Crippen LogP contribution in [0.4, 0.5) is 11.5 Å². The molecule has 0 saturated carbocycles. The first kappa shape index (κ1) is 14.7. The summed E-state index contributed by atoms with van der Waals surface area (Å²) < 4.78 is 24.9. The zero-order valence-corrected chi connectivity index (χ0v) is 11.7. The largest absolute Gasteiger partial charge is 0.395 e. The van der Waals surface area contributed by atoms with Gasteiger partial charge in [0.05, 0.1) is 18.6 Å². The van der Waals surface area contributed by atoms with Gasteiger partial charge in [-0.1, -0.05) is 0 Å². The number of nitrogens with zero attached hydrogens (tertiary/aromatic N) is 2. The molecule has 0 spiro atoms. The number of hydrogen-bond acceptors (Lipinski definition) is 5. The molecule has 0 unspecified atom stereocenters. The number of aryl methyl sites for hydroxylation is 1. The van der Waals surface area contributed by atoms with Crippen LogP contribution in [0.3, 0.4) is 0 Å². The number of anilines is 2. The lowest BCUT2D eigenvalue weighted by Crippen LogP contribution is -2.27. The smallest absolute Gasteiger partial charge is 0.229 e. The van der Waals surface area contributed by atoms with Gasteiger partial charge in [-0.25, -0.2) is 13.4 Å². The third-order valence-electron chi connectivity index (χ3n) is 2.46. The topological polar surface area (TPSA) is 82.5 Å². The van der Waals surface area contributed by atoms with Crippen LogP contribution in [-0.4, -0.2) is 44.5 Å². The van der Waals surface area contributed by atoms with Crippen molar-refractivity contribution in [2.24, 2.45) is 0 Å². The fourth-order valence-corrected chi connectivity index (χ4v) is 2.17. The third-order valence-corrected chi connectivity index (χ3v) is 3.05. The Balaban J connectivity index is 3.06. The number of sulfonamides is 1. The molecule has 0 aliphatic rings. The molecule has 1 rings (SSSR count). The van der Waals surface area contributed by atoms with Crippen molar-refractivity contribution >= 4 is 21.5 Å². The van der Waals surface area contributed by atoms with Crippen LogP contribution in [0.5, 0.6) is 0 Å². The fraction of sp³-hybridized carbons (Fsp3) is 0.545. The Kier molecular flexibility index (Phi) is 4.92. The number of aliphatic hydroxyl groups excluding tert-OH is 1. The van der Waals surface area contributed by atoms with Gasteiger partial charge in [0.25, 0.3) is 0 Å². The maximum absolute atomic E-state index is 11.2. The van der Waals surface area contributed by atoms with Gasteiger partial charge in [-0.05, 0) is 19.4 Å². The summed E-state index contributed by atoms with van der Waals surface area (Å²) in [5, 5.41) is 8.96. The Bertz CT molecular complexity index is 502. The molecule has 0 aliphatic heterocycles.